The van der Waals surface area contributed by atoms with Crippen LogP contribution in [-0.4, -0.2) is 22.4 Å². The molecule has 1 aromatic rings. The third-order valence-corrected chi connectivity index (χ3v) is 3.20. The standard InChI is InChI=1S/C9H15N3S/c1-2-4-6-12(7-5-3-1)9-10-8-11-13-9/h8H,1-7H2. The minimum Gasteiger partial charge on any atom is -0.347 e. The monoisotopic (exact) mass is 197 g/mol. The van der Waals surface area contributed by atoms with E-state index in [4.69, 9.17) is 0 Å². The zero-order valence-corrected chi connectivity index (χ0v) is 8.59. The molecule has 13 heavy (non-hydrogen) atoms. The lowest BCUT2D eigenvalue weighted by Gasteiger charge is -2.23. The summed E-state index contributed by atoms with van der Waals surface area (Å²) >= 11 is 1.51. The molecule has 72 valence electrons. The van der Waals surface area contributed by atoms with Crippen molar-refractivity contribution >= 4 is 16.7 Å². The average Bonchev–Trinajstić information content (AvgIpc) is 2.55. The largest absolute Gasteiger partial charge is 0.347 e. The lowest BCUT2D eigenvalue weighted by atomic mass is 10.1. The molecule has 0 aromatic carbocycles. The topological polar surface area (TPSA) is 29.0 Å². The van der Waals surface area contributed by atoms with Crippen molar-refractivity contribution in [2.75, 3.05) is 18.0 Å². The summed E-state index contributed by atoms with van der Waals surface area (Å²) < 4.78 is 4.04. The Labute approximate surface area is 83.0 Å². The Hall–Kier alpha value is -0.640. The minimum absolute atomic E-state index is 1.10. The number of hydrogen-bond acceptors (Lipinski definition) is 4. The van der Waals surface area contributed by atoms with Gasteiger partial charge in [0, 0.05) is 24.6 Å². The Morgan fingerprint density at radius 1 is 1.08 bits per heavy atom. The third kappa shape index (κ3) is 2.40. The molecular weight excluding hydrogens is 182 g/mol. The Kier molecular flexibility index (Phi) is 3.13. The molecule has 1 fully saturated rings. The summed E-state index contributed by atoms with van der Waals surface area (Å²) in [7, 11) is 0. The van der Waals surface area contributed by atoms with E-state index in [0.717, 1.165) is 18.2 Å². The maximum absolute atomic E-state index is 4.25. The number of aromatic nitrogens is 2. The molecule has 0 N–H and O–H groups in total. The molecule has 0 aliphatic carbocycles. The van der Waals surface area contributed by atoms with Crippen molar-refractivity contribution in [3.8, 4) is 0 Å². The van der Waals surface area contributed by atoms with E-state index >= 15 is 0 Å². The Morgan fingerprint density at radius 3 is 2.38 bits per heavy atom. The summed E-state index contributed by atoms with van der Waals surface area (Å²) in [6.07, 6.45) is 8.41. The SMILES string of the molecule is c1nsc(N2CCCCCCC2)n1. The van der Waals surface area contributed by atoms with Crippen molar-refractivity contribution in [3.05, 3.63) is 6.33 Å². The second kappa shape index (κ2) is 4.56. The molecule has 2 heterocycles. The van der Waals surface area contributed by atoms with Crippen LogP contribution in [0.25, 0.3) is 0 Å². The first kappa shape index (κ1) is 8.94. The molecule has 0 atom stereocenters. The highest BCUT2D eigenvalue weighted by Gasteiger charge is 2.10. The fourth-order valence-electron chi connectivity index (χ4n) is 1.75. The first-order valence-corrected chi connectivity index (χ1v) is 5.76. The van der Waals surface area contributed by atoms with Gasteiger partial charge in [-0.15, -0.1) is 0 Å². The van der Waals surface area contributed by atoms with Crippen molar-refractivity contribution in [1.82, 2.24) is 9.36 Å². The summed E-state index contributed by atoms with van der Waals surface area (Å²) in [6, 6.07) is 0. The molecule has 4 heteroatoms. The van der Waals surface area contributed by atoms with Crippen LogP contribution < -0.4 is 4.90 Å². The molecule has 1 aliphatic heterocycles. The molecule has 0 unspecified atom stereocenters. The van der Waals surface area contributed by atoms with Crippen molar-refractivity contribution in [2.45, 2.75) is 32.1 Å². The fraction of sp³-hybridized carbons (Fsp3) is 0.778. The summed E-state index contributed by atoms with van der Waals surface area (Å²) in [6.45, 7) is 2.32. The molecule has 3 nitrogen and oxygen atoms in total. The maximum atomic E-state index is 4.25. The molecule has 0 bridgehead atoms. The van der Waals surface area contributed by atoms with Crippen LogP contribution in [0.1, 0.15) is 32.1 Å². The van der Waals surface area contributed by atoms with Gasteiger partial charge in [-0.05, 0) is 12.8 Å². The number of hydrogen-bond donors (Lipinski definition) is 0. The van der Waals surface area contributed by atoms with E-state index in [0.29, 0.717) is 0 Å². The first-order chi connectivity index (χ1) is 6.47. The molecular formula is C9H15N3S. The highest BCUT2D eigenvalue weighted by Crippen LogP contribution is 2.19. The molecule has 0 spiro atoms. The predicted octanol–water partition coefficient (Wildman–Crippen LogP) is 2.31. The van der Waals surface area contributed by atoms with Gasteiger partial charge in [0.1, 0.15) is 6.33 Å². The fourth-order valence-corrected chi connectivity index (χ4v) is 2.33. The Balaban J connectivity index is 1.96. The molecule has 0 amide bonds. The van der Waals surface area contributed by atoms with E-state index in [1.165, 1.54) is 43.6 Å². The van der Waals surface area contributed by atoms with Crippen LogP contribution in [0.4, 0.5) is 5.13 Å². The van der Waals surface area contributed by atoms with Crippen molar-refractivity contribution < 1.29 is 0 Å². The van der Waals surface area contributed by atoms with E-state index in [-0.39, 0.29) is 0 Å². The van der Waals surface area contributed by atoms with Crippen LogP contribution in [0, 0.1) is 0 Å². The van der Waals surface area contributed by atoms with Gasteiger partial charge in [-0.1, -0.05) is 19.3 Å². The summed E-state index contributed by atoms with van der Waals surface area (Å²) in [5, 5.41) is 1.10. The van der Waals surface area contributed by atoms with Gasteiger partial charge in [-0.2, -0.15) is 4.37 Å². The highest BCUT2D eigenvalue weighted by molar-refractivity contribution is 7.09. The lowest BCUT2D eigenvalue weighted by Crippen LogP contribution is -2.26. The zero-order valence-electron chi connectivity index (χ0n) is 7.78. The van der Waals surface area contributed by atoms with Gasteiger partial charge in [-0.25, -0.2) is 4.98 Å². The Morgan fingerprint density at radius 2 is 1.77 bits per heavy atom. The maximum Gasteiger partial charge on any atom is 0.204 e. The minimum atomic E-state index is 1.10. The number of nitrogens with zero attached hydrogens (tertiary/aromatic N) is 3. The van der Waals surface area contributed by atoms with Gasteiger partial charge in [0.25, 0.3) is 0 Å². The van der Waals surface area contributed by atoms with Gasteiger partial charge < -0.3 is 4.90 Å². The van der Waals surface area contributed by atoms with Gasteiger partial charge in [0.05, 0.1) is 0 Å². The smallest absolute Gasteiger partial charge is 0.204 e. The average molecular weight is 197 g/mol. The van der Waals surface area contributed by atoms with E-state index in [9.17, 15) is 0 Å². The second-order valence-corrected chi connectivity index (χ2v) is 4.24. The molecule has 1 saturated heterocycles. The summed E-state index contributed by atoms with van der Waals surface area (Å²) in [4.78, 5) is 6.62. The number of rotatable bonds is 1. The third-order valence-electron chi connectivity index (χ3n) is 2.48. The van der Waals surface area contributed by atoms with E-state index in [1.54, 1.807) is 6.33 Å². The zero-order chi connectivity index (χ0) is 8.93. The summed E-state index contributed by atoms with van der Waals surface area (Å²) in [5.74, 6) is 0. The van der Waals surface area contributed by atoms with Crippen LogP contribution in [0.15, 0.2) is 6.33 Å². The summed E-state index contributed by atoms with van der Waals surface area (Å²) in [5.41, 5.74) is 0. The predicted molar refractivity (Wildman–Crippen MR) is 55.2 cm³/mol. The van der Waals surface area contributed by atoms with E-state index in [2.05, 4.69) is 14.3 Å². The normalized spacial score (nSPS) is 19.5. The van der Waals surface area contributed by atoms with Crippen LogP contribution in [0.3, 0.4) is 0 Å². The van der Waals surface area contributed by atoms with Crippen molar-refractivity contribution in [1.29, 1.82) is 0 Å². The molecule has 0 radical (unpaired) electrons. The van der Waals surface area contributed by atoms with E-state index < -0.39 is 0 Å². The molecule has 1 aliphatic rings. The van der Waals surface area contributed by atoms with Crippen molar-refractivity contribution in [2.24, 2.45) is 0 Å². The quantitative estimate of drug-likeness (QED) is 0.691. The highest BCUT2D eigenvalue weighted by atomic mass is 32.1. The number of anilines is 1. The van der Waals surface area contributed by atoms with Gasteiger partial charge in [0.15, 0.2) is 0 Å². The van der Waals surface area contributed by atoms with Crippen LogP contribution >= 0.6 is 11.5 Å². The van der Waals surface area contributed by atoms with E-state index in [1.807, 2.05) is 0 Å². The lowest BCUT2D eigenvalue weighted by molar-refractivity contribution is 0.556. The van der Waals surface area contributed by atoms with Crippen LogP contribution in [0.5, 0.6) is 0 Å². The van der Waals surface area contributed by atoms with Crippen LogP contribution in [-0.2, 0) is 0 Å². The molecule has 0 saturated carbocycles. The van der Waals surface area contributed by atoms with Gasteiger partial charge in [-0.3, -0.25) is 0 Å². The van der Waals surface area contributed by atoms with Crippen molar-refractivity contribution in [3.63, 3.8) is 0 Å². The van der Waals surface area contributed by atoms with Gasteiger partial charge in [0.2, 0.25) is 5.13 Å². The van der Waals surface area contributed by atoms with Gasteiger partial charge >= 0.3 is 0 Å². The molecule has 1 aromatic heterocycles. The molecule has 2 rings (SSSR count). The Bertz CT molecular complexity index is 227. The second-order valence-electron chi connectivity index (χ2n) is 3.48. The van der Waals surface area contributed by atoms with Crippen LogP contribution in [0.2, 0.25) is 0 Å². The first-order valence-electron chi connectivity index (χ1n) is 4.98.